The standard InChI is InChI=1S/C13H18ClN3O3S/c1-4-7-15-11-6-5-9(14)10(16-11)8-17-12(18)13(2,3)21(17,19)20/h5-6H,4,7-8H2,1-3H3,(H,15,16). The summed E-state index contributed by atoms with van der Waals surface area (Å²) in [4.78, 5) is 16.2. The second kappa shape index (κ2) is 5.46. The Labute approximate surface area is 129 Å². The zero-order valence-electron chi connectivity index (χ0n) is 12.2. The third-order valence-corrected chi connectivity index (χ3v) is 6.13. The molecule has 2 rings (SSSR count). The van der Waals surface area contributed by atoms with E-state index in [0.717, 1.165) is 17.3 Å². The van der Waals surface area contributed by atoms with Crippen LogP contribution in [0.5, 0.6) is 0 Å². The van der Waals surface area contributed by atoms with Crippen LogP contribution in [0.1, 0.15) is 32.9 Å². The number of pyridine rings is 1. The lowest BCUT2D eigenvalue weighted by molar-refractivity contribution is -0.132. The van der Waals surface area contributed by atoms with E-state index in [2.05, 4.69) is 10.3 Å². The van der Waals surface area contributed by atoms with Gasteiger partial charge < -0.3 is 5.32 Å². The number of sulfonamides is 1. The summed E-state index contributed by atoms with van der Waals surface area (Å²) in [6, 6.07) is 3.36. The van der Waals surface area contributed by atoms with Gasteiger partial charge in [0.1, 0.15) is 5.82 Å². The van der Waals surface area contributed by atoms with Crippen molar-refractivity contribution >= 4 is 33.3 Å². The SMILES string of the molecule is CCCNc1ccc(Cl)c(CN2C(=O)C(C)(C)S2(=O)=O)n1. The van der Waals surface area contributed by atoms with Crippen LogP contribution in [0.25, 0.3) is 0 Å². The number of aromatic nitrogens is 1. The van der Waals surface area contributed by atoms with Crippen molar-refractivity contribution in [3.05, 3.63) is 22.8 Å². The largest absolute Gasteiger partial charge is 0.370 e. The van der Waals surface area contributed by atoms with Gasteiger partial charge in [-0.25, -0.2) is 17.7 Å². The maximum atomic E-state index is 12.1. The Morgan fingerprint density at radius 1 is 1.38 bits per heavy atom. The number of hydrogen-bond acceptors (Lipinski definition) is 5. The summed E-state index contributed by atoms with van der Waals surface area (Å²) in [5.74, 6) is 0.174. The highest BCUT2D eigenvalue weighted by atomic mass is 35.5. The van der Waals surface area contributed by atoms with Gasteiger partial charge in [-0.3, -0.25) is 4.79 Å². The molecule has 1 N–H and O–H groups in total. The summed E-state index contributed by atoms with van der Waals surface area (Å²) in [6.07, 6.45) is 0.937. The van der Waals surface area contributed by atoms with E-state index in [-0.39, 0.29) is 6.54 Å². The normalized spacial score (nSPS) is 19.2. The van der Waals surface area contributed by atoms with E-state index in [4.69, 9.17) is 11.6 Å². The van der Waals surface area contributed by atoms with Crippen molar-refractivity contribution in [1.82, 2.24) is 9.29 Å². The molecule has 6 nitrogen and oxygen atoms in total. The van der Waals surface area contributed by atoms with Gasteiger partial charge in [0.25, 0.3) is 15.9 Å². The molecule has 116 valence electrons. The molecule has 1 saturated heterocycles. The molecule has 1 aromatic rings. The fourth-order valence-electron chi connectivity index (χ4n) is 2.00. The van der Waals surface area contributed by atoms with Crippen LogP contribution in [0.3, 0.4) is 0 Å². The molecule has 8 heteroatoms. The fourth-order valence-corrected chi connectivity index (χ4v) is 3.65. The molecule has 1 fully saturated rings. The fraction of sp³-hybridized carbons (Fsp3) is 0.538. The summed E-state index contributed by atoms with van der Waals surface area (Å²) in [7, 11) is -3.63. The van der Waals surface area contributed by atoms with Crippen LogP contribution < -0.4 is 5.32 Å². The van der Waals surface area contributed by atoms with Gasteiger partial charge in [0.05, 0.1) is 17.3 Å². The average molecular weight is 332 g/mol. The Balaban J connectivity index is 2.23. The van der Waals surface area contributed by atoms with E-state index in [1.54, 1.807) is 12.1 Å². The minimum absolute atomic E-state index is 0.134. The number of anilines is 1. The molecule has 0 radical (unpaired) electrons. The number of nitrogens with one attached hydrogen (secondary N) is 1. The lowest BCUT2D eigenvalue weighted by Gasteiger charge is -2.42. The number of hydrogen-bond donors (Lipinski definition) is 1. The second-order valence-corrected chi connectivity index (χ2v) is 8.20. The summed E-state index contributed by atoms with van der Waals surface area (Å²) >= 11 is 6.04. The van der Waals surface area contributed by atoms with Crippen LogP contribution in [0.4, 0.5) is 5.82 Å². The first-order chi connectivity index (χ1) is 9.71. The molecule has 21 heavy (non-hydrogen) atoms. The molecular weight excluding hydrogens is 314 g/mol. The molecule has 0 bridgehead atoms. The predicted molar refractivity (Wildman–Crippen MR) is 81.6 cm³/mol. The monoisotopic (exact) mass is 331 g/mol. The molecule has 2 heterocycles. The highest BCUT2D eigenvalue weighted by Gasteiger charge is 2.60. The van der Waals surface area contributed by atoms with Crippen LogP contribution in [-0.4, -0.2) is 34.9 Å². The van der Waals surface area contributed by atoms with Gasteiger partial charge in [-0.1, -0.05) is 18.5 Å². The zero-order chi connectivity index (χ0) is 15.8. The number of amides is 1. The molecule has 1 aromatic heterocycles. The van der Waals surface area contributed by atoms with Crippen molar-refractivity contribution in [2.75, 3.05) is 11.9 Å². The van der Waals surface area contributed by atoms with Gasteiger partial charge in [-0.15, -0.1) is 0 Å². The Bertz CT molecular complexity index is 673. The van der Waals surface area contributed by atoms with Crippen molar-refractivity contribution < 1.29 is 13.2 Å². The van der Waals surface area contributed by atoms with Crippen LogP contribution in [0, 0.1) is 0 Å². The van der Waals surface area contributed by atoms with E-state index in [0.29, 0.717) is 16.5 Å². The predicted octanol–water partition coefficient (Wildman–Crippen LogP) is 2.01. The van der Waals surface area contributed by atoms with E-state index in [9.17, 15) is 13.2 Å². The molecule has 0 saturated carbocycles. The molecule has 1 aliphatic heterocycles. The van der Waals surface area contributed by atoms with Crippen molar-refractivity contribution in [3.8, 4) is 0 Å². The average Bonchev–Trinajstić information content (AvgIpc) is 2.43. The van der Waals surface area contributed by atoms with Gasteiger partial charge in [0.15, 0.2) is 4.75 Å². The minimum atomic E-state index is -3.63. The maximum absolute atomic E-state index is 12.1. The summed E-state index contributed by atoms with van der Waals surface area (Å²) in [6.45, 7) is 5.44. The topological polar surface area (TPSA) is 79.4 Å². The van der Waals surface area contributed by atoms with Gasteiger partial charge >= 0.3 is 0 Å². The Hall–Kier alpha value is -1.34. The quantitative estimate of drug-likeness (QED) is 0.892. The number of nitrogens with zero attached hydrogens (tertiary/aromatic N) is 2. The highest BCUT2D eigenvalue weighted by molar-refractivity contribution is 7.94. The molecular formula is C13H18ClN3O3S. The number of rotatable bonds is 5. The van der Waals surface area contributed by atoms with E-state index >= 15 is 0 Å². The van der Waals surface area contributed by atoms with E-state index in [1.165, 1.54) is 13.8 Å². The third kappa shape index (κ3) is 2.60. The van der Waals surface area contributed by atoms with Crippen molar-refractivity contribution in [3.63, 3.8) is 0 Å². The minimum Gasteiger partial charge on any atom is -0.370 e. The molecule has 0 aromatic carbocycles. The van der Waals surface area contributed by atoms with Gasteiger partial charge in [-0.05, 0) is 32.4 Å². The van der Waals surface area contributed by atoms with Gasteiger partial charge in [0.2, 0.25) is 0 Å². The smallest absolute Gasteiger partial charge is 0.259 e. The number of halogens is 1. The van der Waals surface area contributed by atoms with Crippen molar-refractivity contribution in [2.24, 2.45) is 0 Å². The Morgan fingerprint density at radius 2 is 2.05 bits per heavy atom. The first-order valence-corrected chi connectivity index (χ1v) is 8.49. The second-order valence-electron chi connectivity index (χ2n) is 5.38. The van der Waals surface area contributed by atoms with Gasteiger partial charge in [0, 0.05) is 6.54 Å². The molecule has 0 unspecified atom stereocenters. The number of carbonyl (C=O) groups is 1. The Morgan fingerprint density at radius 3 is 2.62 bits per heavy atom. The molecule has 0 atom stereocenters. The molecule has 1 amide bonds. The number of carbonyl (C=O) groups excluding carboxylic acids is 1. The lowest BCUT2D eigenvalue weighted by Crippen LogP contribution is -2.66. The lowest BCUT2D eigenvalue weighted by atomic mass is 10.2. The zero-order valence-corrected chi connectivity index (χ0v) is 13.8. The van der Waals surface area contributed by atoms with Crippen molar-refractivity contribution in [1.29, 1.82) is 0 Å². The molecule has 0 aliphatic carbocycles. The first kappa shape index (κ1) is 16.0. The van der Waals surface area contributed by atoms with Crippen LogP contribution >= 0.6 is 11.6 Å². The first-order valence-electron chi connectivity index (χ1n) is 6.68. The van der Waals surface area contributed by atoms with Gasteiger partial charge in [-0.2, -0.15) is 0 Å². The van der Waals surface area contributed by atoms with E-state index < -0.39 is 20.7 Å². The van der Waals surface area contributed by atoms with E-state index in [1.807, 2.05) is 6.92 Å². The highest BCUT2D eigenvalue weighted by Crippen LogP contribution is 2.36. The van der Waals surface area contributed by atoms with Crippen molar-refractivity contribution in [2.45, 2.75) is 38.5 Å². The molecule has 0 spiro atoms. The summed E-state index contributed by atoms with van der Waals surface area (Å²) in [5.41, 5.74) is 0.366. The maximum Gasteiger partial charge on any atom is 0.259 e. The summed E-state index contributed by atoms with van der Waals surface area (Å²) < 4.78 is 23.6. The van der Waals surface area contributed by atoms with Crippen LogP contribution in [0.2, 0.25) is 5.02 Å². The Kier molecular flexibility index (Phi) is 4.17. The van der Waals surface area contributed by atoms with Crippen LogP contribution in [-0.2, 0) is 21.4 Å². The third-order valence-electron chi connectivity index (χ3n) is 3.44. The molecule has 1 aliphatic rings. The summed E-state index contributed by atoms with van der Waals surface area (Å²) in [5, 5.41) is 3.43. The van der Waals surface area contributed by atoms with Crippen LogP contribution in [0.15, 0.2) is 12.1 Å².